The largest absolute Gasteiger partial charge is 0.416 e. The molecule has 1 aromatic carbocycles. The zero-order valence-corrected chi connectivity index (χ0v) is 15.1. The van der Waals surface area contributed by atoms with Crippen molar-refractivity contribution in [1.29, 1.82) is 0 Å². The Bertz CT molecular complexity index is 387. The van der Waals surface area contributed by atoms with E-state index in [1.807, 2.05) is 30.3 Å². The monoisotopic (exact) mass is 295 g/mol. The molecule has 0 aliphatic heterocycles. The Hall–Kier alpha value is -0.843. The number of anilines is 1. The molecule has 0 amide bonds. The predicted molar refractivity (Wildman–Crippen MR) is 88.7 cm³/mol. The second-order valence-corrected chi connectivity index (χ2v) is 9.63. The van der Waals surface area contributed by atoms with Crippen molar-refractivity contribution in [2.24, 2.45) is 0 Å². The van der Waals surface area contributed by atoms with E-state index in [0.717, 1.165) is 12.1 Å². The number of hydrogen-bond acceptors (Lipinski definition) is 3. The van der Waals surface area contributed by atoms with Crippen molar-refractivity contribution in [2.45, 2.75) is 64.7 Å². The average molecular weight is 295 g/mol. The molecule has 0 saturated heterocycles. The third-order valence-corrected chi connectivity index (χ3v) is 4.87. The Morgan fingerprint density at radius 3 is 2.20 bits per heavy atom. The lowest BCUT2D eigenvalue weighted by Gasteiger charge is -2.36. The summed E-state index contributed by atoms with van der Waals surface area (Å²) in [5, 5.41) is 0.294. The highest BCUT2D eigenvalue weighted by atomic mass is 28.2. The van der Waals surface area contributed by atoms with Gasteiger partial charge in [0.05, 0.1) is 11.3 Å². The van der Waals surface area contributed by atoms with Crippen LogP contribution in [0.1, 0.15) is 48.0 Å². The first kappa shape index (κ1) is 17.2. The first-order chi connectivity index (χ1) is 9.24. The van der Waals surface area contributed by atoms with Crippen LogP contribution in [0.2, 0.25) is 5.04 Å². The minimum atomic E-state index is -0.594. The van der Waals surface area contributed by atoms with Gasteiger partial charge in [0, 0.05) is 0 Å². The Kier molecular flexibility index (Phi) is 6.24. The van der Waals surface area contributed by atoms with E-state index in [1.165, 1.54) is 0 Å². The topological polar surface area (TPSA) is 30.5 Å². The summed E-state index contributed by atoms with van der Waals surface area (Å²) in [7, 11) is -0.594. The lowest BCUT2D eigenvalue weighted by Crippen LogP contribution is -2.43. The third kappa shape index (κ3) is 6.07. The van der Waals surface area contributed by atoms with Crippen LogP contribution in [0, 0.1) is 0 Å². The van der Waals surface area contributed by atoms with Crippen LogP contribution in [0.5, 0.6) is 0 Å². The minimum Gasteiger partial charge on any atom is -0.416 e. The molecule has 0 bridgehead atoms. The smallest absolute Gasteiger partial charge is 0.167 e. The van der Waals surface area contributed by atoms with Crippen LogP contribution >= 0.6 is 0 Å². The zero-order chi connectivity index (χ0) is 15.2. The van der Waals surface area contributed by atoms with Crippen LogP contribution in [0.25, 0.3) is 0 Å². The fourth-order valence-electron chi connectivity index (χ4n) is 1.86. The zero-order valence-electron chi connectivity index (χ0n) is 13.7. The standard InChI is InChI=1S/C16H29NO2Si/c1-7-14(16(5,6)19-20-15(2,3)4)18-17-13-11-9-8-10-12-13/h8-12,14,17H,7,20H2,1-6H3/t14-/m1/s1. The van der Waals surface area contributed by atoms with Gasteiger partial charge >= 0.3 is 0 Å². The first-order valence-electron chi connectivity index (χ1n) is 7.35. The highest BCUT2D eigenvalue weighted by Gasteiger charge is 2.31. The van der Waals surface area contributed by atoms with E-state index < -0.39 is 9.76 Å². The molecule has 20 heavy (non-hydrogen) atoms. The van der Waals surface area contributed by atoms with Crippen LogP contribution in [-0.2, 0) is 9.26 Å². The fraction of sp³-hybridized carbons (Fsp3) is 0.625. The number of hydrogen-bond donors (Lipinski definition) is 1. The van der Waals surface area contributed by atoms with Gasteiger partial charge in [0.1, 0.15) is 6.10 Å². The SMILES string of the molecule is CC[C@@H](ONc1ccccc1)C(C)(C)O[SiH2]C(C)(C)C. The van der Waals surface area contributed by atoms with E-state index in [0.29, 0.717) is 5.04 Å². The molecule has 1 N–H and O–H groups in total. The van der Waals surface area contributed by atoms with E-state index in [4.69, 9.17) is 9.26 Å². The maximum Gasteiger partial charge on any atom is 0.167 e. The maximum absolute atomic E-state index is 6.21. The van der Waals surface area contributed by atoms with Gasteiger partial charge in [-0.05, 0) is 37.4 Å². The summed E-state index contributed by atoms with van der Waals surface area (Å²) in [4.78, 5) is 5.85. The molecule has 0 heterocycles. The van der Waals surface area contributed by atoms with Gasteiger partial charge in [-0.15, -0.1) is 0 Å². The van der Waals surface area contributed by atoms with Crippen LogP contribution < -0.4 is 5.48 Å². The van der Waals surface area contributed by atoms with Gasteiger partial charge in [0.25, 0.3) is 0 Å². The molecule has 1 rings (SSSR count). The molecule has 0 saturated carbocycles. The Morgan fingerprint density at radius 1 is 1.10 bits per heavy atom. The molecule has 0 fully saturated rings. The number of para-hydroxylation sites is 1. The Morgan fingerprint density at radius 2 is 1.70 bits per heavy atom. The molecule has 0 radical (unpaired) electrons. The van der Waals surface area contributed by atoms with Gasteiger partial charge in [-0.25, -0.2) is 0 Å². The molecule has 0 aliphatic rings. The number of rotatable bonds is 7. The van der Waals surface area contributed by atoms with Gasteiger partial charge in [0.2, 0.25) is 0 Å². The van der Waals surface area contributed by atoms with Gasteiger partial charge in [-0.1, -0.05) is 45.9 Å². The quantitative estimate of drug-likeness (QED) is 0.611. The molecule has 0 spiro atoms. The number of nitrogens with one attached hydrogen (secondary N) is 1. The molecule has 1 atom stereocenters. The molecule has 1 aromatic rings. The van der Waals surface area contributed by atoms with Crippen LogP contribution in [0.3, 0.4) is 0 Å². The van der Waals surface area contributed by atoms with Crippen molar-refractivity contribution < 1.29 is 9.26 Å². The highest BCUT2D eigenvalue weighted by Crippen LogP contribution is 2.27. The van der Waals surface area contributed by atoms with Gasteiger partial charge < -0.3 is 4.43 Å². The Balaban J connectivity index is 2.55. The third-order valence-electron chi connectivity index (χ3n) is 3.12. The van der Waals surface area contributed by atoms with Gasteiger partial charge in [0.15, 0.2) is 9.76 Å². The summed E-state index contributed by atoms with van der Waals surface area (Å²) in [5.74, 6) is 0. The normalized spacial score (nSPS) is 14.7. The summed E-state index contributed by atoms with van der Waals surface area (Å²) < 4.78 is 6.21. The van der Waals surface area contributed by atoms with Crippen molar-refractivity contribution in [3.63, 3.8) is 0 Å². The molecule has 0 aliphatic carbocycles. The molecule has 4 heteroatoms. The van der Waals surface area contributed by atoms with E-state index in [2.05, 4.69) is 47.0 Å². The second kappa shape index (κ2) is 7.25. The lowest BCUT2D eigenvalue weighted by molar-refractivity contribution is -0.0558. The molecular formula is C16H29NO2Si. The molecule has 114 valence electrons. The van der Waals surface area contributed by atoms with E-state index in [-0.39, 0.29) is 11.7 Å². The highest BCUT2D eigenvalue weighted by molar-refractivity contribution is 6.31. The lowest BCUT2D eigenvalue weighted by atomic mass is 10.00. The average Bonchev–Trinajstić information content (AvgIpc) is 2.37. The van der Waals surface area contributed by atoms with Gasteiger partial charge in [-0.2, -0.15) is 0 Å². The van der Waals surface area contributed by atoms with Crippen LogP contribution in [-0.4, -0.2) is 21.5 Å². The second-order valence-electron chi connectivity index (χ2n) is 6.94. The maximum atomic E-state index is 6.21. The first-order valence-corrected chi connectivity index (χ1v) is 8.64. The van der Waals surface area contributed by atoms with E-state index in [1.54, 1.807) is 0 Å². The summed E-state index contributed by atoms with van der Waals surface area (Å²) >= 11 is 0. The van der Waals surface area contributed by atoms with Crippen LogP contribution in [0.4, 0.5) is 5.69 Å². The van der Waals surface area contributed by atoms with Gasteiger partial charge in [-0.3, -0.25) is 10.3 Å². The van der Waals surface area contributed by atoms with Crippen LogP contribution in [0.15, 0.2) is 30.3 Å². The Labute approximate surface area is 126 Å². The molecule has 0 unspecified atom stereocenters. The van der Waals surface area contributed by atoms with E-state index >= 15 is 0 Å². The molecular weight excluding hydrogens is 266 g/mol. The summed E-state index contributed by atoms with van der Waals surface area (Å²) in [6.45, 7) is 13.1. The van der Waals surface area contributed by atoms with E-state index in [9.17, 15) is 0 Å². The molecule has 3 nitrogen and oxygen atoms in total. The van der Waals surface area contributed by atoms with Crippen molar-refractivity contribution >= 4 is 15.5 Å². The summed E-state index contributed by atoms with van der Waals surface area (Å²) in [6, 6.07) is 9.95. The fourth-order valence-corrected chi connectivity index (χ4v) is 2.85. The van der Waals surface area contributed by atoms with Crippen molar-refractivity contribution in [3.05, 3.63) is 30.3 Å². The van der Waals surface area contributed by atoms with Crippen molar-refractivity contribution in [1.82, 2.24) is 0 Å². The summed E-state index contributed by atoms with van der Waals surface area (Å²) in [6.07, 6.45) is 0.934. The molecule has 0 aromatic heterocycles. The van der Waals surface area contributed by atoms with Crippen molar-refractivity contribution in [2.75, 3.05) is 5.48 Å². The van der Waals surface area contributed by atoms with Crippen molar-refractivity contribution in [3.8, 4) is 0 Å². The minimum absolute atomic E-state index is 0.0255. The predicted octanol–water partition coefficient (Wildman–Crippen LogP) is 3.91. The summed E-state index contributed by atoms with van der Waals surface area (Å²) in [5.41, 5.74) is 3.73. The number of benzene rings is 1.